The van der Waals surface area contributed by atoms with Crippen LogP contribution in [0.4, 0.5) is 44.6 Å². The lowest BCUT2D eigenvalue weighted by molar-refractivity contribution is -0.137. The van der Waals surface area contributed by atoms with E-state index in [-0.39, 0.29) is 40.7 Å². The number of carbonyl (C=O) groups is 4. The van der Waals surface area contributed by atoms with Crippen LogP contribution in [0, 0.1) is 11.8 Å². The number of hydrogen-bond donors (Lipinski definition) is 5. The largest absolute Gasteiger partial charge is 0.494 e. The predicted molar refractivity (Wildman–Crippen MR) is 275 cm³/mol. The first-order chi connectivity index (χ1) is 35.1. The van der Waals surface area contributed by atoms with Gasteiger partial charge in [0.1, 0.15) is 22.3 Å². The summed E-state index contributed by atoms with van der Waals surface area (Å²) in [6.45, 7) is 9.44. The Morgan fingerprint density at radius 1 is 0.973 bits per heavy atom. The number of ether oxygens (including phenoxy) is 1. The van der Waals surface area contributed by atoms with Crippen LogP contribution in [0.1, 0.15) is 60.0 Å². The minimum absolute atomic E-state index is 0.0613. The molecule has 2 aromatic heterocycles. The van der Waals surface area contributed by atoms with Crippen LogP contribution in [0.25, 0.3) is 11.0 Å². The van der Waals surface area contributed by atoms with Crippen molar-refractivity contribution in [1.29, 1.82) is 0 Å². The molecule has 1 unspecified atom stereocenters. The van der Waals surface area contributed by atoms with Gasteiger partial charge in [-0.05, 0) is 68.1 Å². The molecule has 6 heterocycles. The Morgan fingerprint density at radius 2 is 1.75 bits per heavy atom. The SMILES string of the molecule is C=C(F)C(=O)Nc1cc(Nc2ncc(Cl)c(Nc3ccc4nccnc4c3NS(C)(=O)=O)n2)c(OC)cc1N1CCC(N2CCN(CCCC#Cc3cccc4c3CN(C3CCC(=O)NC3=O)C4=O)CC2)CC1. The lowest BCUT2D eigenvalue weighted by atomic mass is 10.0. The van der Waals surface area contributed by atoms with Gasteiger partial charge in [0.25, 0.3) is 11.8 Å². The standard InChI is InChI=1S/C50H53ClFN13O7S/c1-30(52)47(67)57-38-26-39(58-50-55-28-35(51)46(60-50)56-37-12-11-36-44(54-18-17-53-36)45(37)61-73(3,70)71)42(72-2)27-41(38)64-20-15-32(16-21-64)63-24-22-62(23-25-63)19-6-4-5-8-31-9-7-10-33-34(31)29-65(49(33)69)40-13-14-43(66)59-48(40)68/h7,9-12,17-18,26-28,32,40,61H,1,4,6,13-16,19-25,29H2,2-3H3,(H,57,67)(H,59,66,68)(H2,55,56,58,60). The molecule has 23 heteroatoms. The van der Waals surface area contributed by atoms with E-state index in [9.17, 15) is 32.0 Å². The summed E-state index contributed by atoms with van der Waals surface area (Å²) in [5.74, 6) is 4.03. The number of piperidine rings is 2. The summed E-state index contributed by atoms with van der Waals surface area (Å²) in [6.07, 6.45) is 9.15. The smallest absolute Gasteiger partial charge is 0.283 e. The molecule has 380 valence electrons. The molecule has 3 aromatic carbocycles. The second-order valence-electron chi connectivity index (χ2n) is 18.1. The molecule has 4 aliphatic rings. The van der Waals surface area contributed by atoms with E-state index >= 15 is 0 Å². The van der Waals surface area contributed by atoms with Crippen molar-refractivity contribution in [2.24, 2.45) is 0 Å². The Hall–Kier alpha value is -7.45. The maximum Gasteiger partial charge on any atom is 0.283 e. The number of rotatable bonds is 15. The molecule has 0 bridgehead atoms. The van der Waals surface area contributed by atoms with Crippen LogP contribution in [-0.2, 0) is 31.0 Å². The van der Waals surface area contributed by atoms with Gasteiger partial charge in [-0.1, -0.05) is 36.1 Å². The summed E-state index contributed by atoms with van der Waals surface area (Å²) in [5.41, 5.74) is 4.63. The number of nitrogens with one attached hydrogen (secondary N) is 5. The number of sulfonamides is 1. The summed E-state index contributed by atoms with van der Waals surface area (Å²) in [5, 5.41) is 11.3. The van der Waals surface area contributed by atoms with Crippen molar-refractivity contribution in [2.75, 3.05) is 84.8 Å². The number of halogens is 2. The summed E-state index contributed by atoms with van der Waals surface area (Å²) < 4.78 is 47.3. The van der Waals surface area contributed by atoms with Gasteiger partial charge < -0.3 is 35.4 Å². The molecule has 5 aromatic rings. The highest BCUT2D eigenvalue weighted by Crippen LogP contribution is 2.41. The van der Waals surface area contributed by atoms with Crippen molar-refractivity contribution < 1.29 is 36.7 Å². The number of anilines is 7. The van der Waals surface area contributed by atoms with Gasteiger partial charge in [0.15, 0.2) is 11.6 Å². The first-order valence-electron chi connectivity index (χ1n) is 23.7. The number of aromatic nitrogens is 4. The number of piperazine rings is 1. The average Bonchev–Trinajstić information content (AvgIpc) is 3.71. The van der Waals surface area contributed by atoms with Gasteiger partial charge in [0.05, 0.1) is 53.5 Å². The second kappa shape index (κ2) is 21.7. The number of nitrogens with zero attached hydrogens (tertiary/aromatic N) is 8. The first-order valence-corrected chi connectivity index (χ1v) is 26.0. The Bertz CT molecular complexity index is 3190. The molecule has 5 N–H and O–H groups in total. The van der Waals surface area contributed by atoms with Crippen molar-refractivity contribution >= 4 is 96.5 Å². The summed E-state index contributed by atoms with van der Waals surface area (Å²) in [7, 11) is -2.24. The molecular formula is C50H53ClFN13O7S. The molecular weight excluding hydrogens is 981 g/mol. The van der Waals surface area contributed by atoms with Gasteiger partial charge >= 0.3 is 0 Å². The fourth-order valence-electron chi connectivity index (χ4n) is 9.66. The predicted octanol–water partition coefficient (Wildman–Crippen LogP) is 5.54. The minimum Gasteiger partial charge on any atom is -0.494 e. The number of amides is 4. The molecule has 9 rings (SSSR count). The number of carbonyl (C=O) groups excluding carboxylic acids is 4. The lowest BCUT2D eigenvalue weighted by Gasteiger charge is -2.43. The number of hydrogen-bond acceptors (Lipinski definition) is 16. The molecule has 4 amide bonds. The van der Waals surface area contributed by atoms with Gasteiger partial charge in [-0.3, -0.25) is 44.1 Å². The molecule has 0 saturated carbocycles. The van der Waals surface area contributed by atoms with Crippen LogP contribution < -0.4 is 35.6 Å². The third-order valence-electron chi connectivity index (χ3n) is 13.3. The van der Waals surface area contributed by atoms with E-state index < -0.39 is 33.7 Å². The topological polar surface area (TPSA) is 236 Å². The number of methoxy groups -OCH3 is 1. The van der Waals surface area contributed by atoms with E-state index in [4.69, 9.17) is 16.3 Å². The van der Waals surface area contributed by atoms with Crippen molar-refractivity contribution in [2.45, 2.75) is 57.2 Å². The zero-order valence-electron chi connectivity index (χ0n) is 40.1. The molecule has 20 nitrogen and oxygen atoms in total. The summed E-state index contributed by atoms with van der Waals surface area (Å²) in [6, 6.07) is 11.8. The van der Waals surface area contributed by atoms with Crippen molar-refractivity contribution in [3.63, 3.8) is 0 Å². The highest BCUT2D eigenvalue weighted by Gasteiger charge is 2.40. The first kappa shape index (κ1) is 50.5. The van der Waals surface area contributed by atoms with Crippen molar-refractivity contribution in [3.8, 4) is 17.6 Å². The van der Waals surface area contributed by atoms with Gasteiger partial charge in [-0.25, -0.2) is 17.8 Å². The highest BCUT2D eigenvalue weighted by atomic mass is 35.5. The lowest BCUT2D eigenvalue weighted by Crippen LogP contribution is -2.53. The molecule has 3 fully saturated rings. The number of unbranched alkanes of at least 4 members (excludes halogenated alkanes) is 1. The van der Waals surface area contributed by atoms with Crippen molar-refractivity contribution in [1.82, 2.24) is 40.0 Å². The summed E-state index contributed by atoms with van der Waals surface area (Å²) in [4.78, 5) is 76.4. The number of fused-ring (bicyclic) bond motifs is 2. The van der Waals surface area contributed by atoms with E-state index in [1.807, 2.05) is 12.1 Å². The third-order valence-corrected chi connectivity index (χ3v) is 14.1. The number of benzene rings is 3. The molecule has 0 radical (unpaired) electrons. The Labute approximate surface area is 426 Å². The normalized spacial score (nSPS) is 17.6. The Kier molecular flexibility index (Phi) is 15.0. The van der Waals surface area contributed by atoms with E-state index in [0.717, 1.165) is 69.4 Å². The quantitative estimate of drug-likeness (QED) is 0.0375. The number of imide groups is 1. The van der Waals surface area contributed by atoms with Crippen LogP contribution in [0.3, 0.4) is 0 Å². The van der Waals surface area contributed by atoms with E-state index in [1.165, 1.54) is 25.7 Å². The summed E-state index contributed by atoms with van der Waals surface area (Å²) >= 11 is 6.55. The van der Waals surface area contributed by atoms with Gasteiger partial charge in [-0.2, -0.15) is 4.98 Å². The highest BCUT2D eigenvalue weighted by molar-refractivity contribution is 7.92. The van der Waals surface area contributed by atoms with Crippen LogP contribution >= 0.6 is 11.6 Å². The van der Waals surface area contributed by atoms with Crippen LogP contribution in [0.15, 0.2) is 73.5 Å². The third kappa shape index (κ3) is 11.6. The van der Waals surface area contributed by atoms with E-state index in [2.05, 4.69) is 79.0 Å². The Balaban J connectivity index is 0.802. The molecule has 3 saturated heterocycles. The van der Waals surface area contributed by atoms with E-state index in [0.29, 0.717) is 83.6 Å². The maximum absolute atomic E-state index is 14.2. The van der Waals surface area contributed by atoms with Crippen LogP contribution in [0.2, 0.25) is 5.02 Å². The monoisotopic (exact) mass is 1030 g/mol. The van der Waals surface area contributed by atoms with Crippen molar-refractivity contribution in [3.05, 3.63) is 95.2 Å². The maximum atomic E-state index is 14.2. The average molecular weight is 1030 g/mol. The zero-order chi connectivity index (χ0) is 51.4. The van der Waals surface area contributed by atoms with Crippen LogP contribution in [0.5, 0.6) is 5.75 Å². The van der Waals surface area contributed by atoms with E-state index in [1.54, 1.807) is 35.2 Å². The zero-order valence-corrected chi connectivity index (χ0v) is 41.7. The van der Waals surface area contributed by atoms with Gasteiger partial charge in [0, 0.05) is 94.3 Å². The van der Waals surface area contributed by atoms with Crippen LogP contribution in [-0.4, -0.2) is 138 Å². The fraction of sp³-hybridized carbons (Fsp3) is 0.360. The molecule has 0 spiro atoms. The fourth-order valence-corrected chi connectivity index (χ4v) is 10.4. The Morgan fingerprint density at radius 3 is 2.49 bits per heavy atom. The second-order valence-corrected chi connectivity index (χ2v) is 20.2. The van der Waals surface area contributed by atoms with Gasteiger partial charge in [-0.15, -0.1) is 0 Å². The van der Waals surface area contributed by atoms with Gasteiger partial charge in [0.2, 0.25) is 27.8 Å². The molecule has 1 atom stereocenters. The molecule has 73 heavy (non-hydrogen) atoms. The minimum atomic E-state index is -3.74. The molecule has 4 aliphatic heterocycles. The molecule has 0 aliphatic carbocycles.